The lowest BCUT2D eigenvalue weighted by Crippen LogP contribution is -2.33. The van der Waals surface area contributed by atoms with Gasteiger partial charge in [-0.15, -0.1) is 5.10 Å². The van der Waals surface area contributed by atoms with E-state index in [0.717, 1.165) is 37.1 Å². The molecule has 150 valence electrons. The summed E-state index contributed by atoms with van der Waals surface area (Å²) in [6.07, 6.45) is 2.97. The Morgan fingerprint density at radius 3 is 2.24 bits per heavy atom. The third-order valence-electron chi connectivity index (χ3n) is 5.40. The molecule has 0 spiro atoms. The molecule has 6 heteroatoms. The summed E-state index contributed by atoms with van der Waals surface area (Å²) in [6, 6.07) is 19.7. The molecule has 1 aliphatic heterocycles. The van der Waals surface area contributed by atoms with E-state index in [4.69, 9.17) is 4.42 Å². The number of carbonyl (C=O) groups excluding carboxylic acids is 1. The van der Waals surface area contributed by atoms with Gasteiger partial charge in [0, 0.05) is 13.1 Å². The molecule has 1 aliphatic rings. The van der Waals surface area contributed by atoms with Gasteiger partial charge >= 0.3 is 6.01 Å². The lowest BCUT2D eigenvalue weighted by molar-refractivity contribution is -0.123. The number of hydrogen-bond donors (Lipinski definition) is 1. The molecule has 0 bridgehead atoms. The molecule has 3 aromatic rings. The first-order chi connectivity index (χ1) is 14.3. The average Bonchev–Trinajstić information content (AvgIpc) is 3.46. The van der Waals surface area contributed by atoms with Crippen molar-refractivity contribution in [3.05, 3.63) is 77.7 Å². The smallest absolute Gasteiger partial charge is 0.318 e. The Morgan fingerprint density at radius 1 is 1.00 bits per heavy atom. The molecule has 1 fully saturated rings. The lowest BCUT2D eigenvalue weighted by atomic mass is 9.95. The van der Waals surface area contributed by atoms with Crippen molar-refractivity contribution in [2.45, 2.75) is 38.1 Å². The first-order valence-corrected chi connectivity index (χ1v) is 10.2. The van der Waals surface area contributed by atoms with Gasteiger partial charge in [-0.25, -0.2) is 0 Å². The zero-order valence-corrected chi connectivity index (χ0v) is 16.6. The van der Waals surface area contributed by atoms with Crippen molar-refractivity contribution in [2.24, 2.45) is 0 Å². The molecule has 6 nitrogen and oxygen atoms in total. The number of anilines is 1. The van der Waals surface area contributed by atoms with Gasteiger partial charge in [0.2, 0.25) is 11.8 Å². The van der Waals surface area contributed by atoms with Gasteiger partial charge in [0.15, 0.2) is 0 Å². The summed E-state index contributed by atoms with van der Waals surface area (Å²) in [4.78, 5) is 15.3. The van der Waals surface area contributed by atoms with Crippen LogP contribution < -0.4 is 10.2 Å². The molecule has 0 unspecified atom stereocenters. The fourth-order valence-corrected chi connectivity index (χ4v) is 3.81. The van der Waals surface area contributed by atoms with E-state index in [2.05, 4.69) is 20.4 Å². The van der Waals surface area contributed by atoms with E-state index in [1.807, 2.05) is 67.6 Å². The fourth-order valence-electron chi connectivity index (χ4n) is 3.81. The van der Waals surface area contributed by atoms with Gasteiger partial charge < -0.3 is 14.6 Å². The van der Waals surface area contributed by atoms with Crippen molar-refractivity contribution in [2.75, 3.05) is 18.0 Å². The minimum atomic E-state index is -0.481. The van der Waals surface area contributed by atoms with Crippen molar-refractivity contribution in [1.82, 2.24) is 15.5 Å². The molecule has 29 heavy (non-hydrogen) atoms. The number of nitrogens with zero attached hydrogens (tertiary/aromatic N) is 3. The number of aromatic nitrogens is 2. The van der Waals surface area contributed by atoms with Crippen LogP contribution in [0.4, 0.5) is 6.01 Å². The van der Waals surface area contributed by atoms with Crippen LogP contribution in [0.3, 0.4) is 0 Å². The van der Waals surface area contributed by atoms with Crippen LogP contribution in [0.1, 0.15) is 55.2 Å². The fraction of sp³-hybridized carbons (Fsp3) is 0.348. The minimum Gasteiger partial charge on any atom is -0.405 e. The third-order valence-corrected chi connectivity index (χ3v) is 5.40. The number of benzene rings is 2. The molecular weight excluding hydrogens is 364 g/mol. The predicted molar refractivity (Wildman–Crippen MR) is 112 cm³/mol. The Bertz CT molecular complexity index is 920. The highest BCUT2D eigenvalue weighted by Crippen LogP contribution is 2.27. The number of nitrogens with one attached hydrogen (secondary N) is 1. The molecule has 1 amide bonds. The Hall–Kier alpha value is -3.15. The van der Waals surface area contributed by atoms with Crippen molar-refractivity contribution >= 4 is 11.9 Å². The number of rotatable bonds is 7. The highest BCUT2D eigenvalue weighted by Gasteiger charge is 2.28. The summed E-state index contributed by atoms with van der Waals surface area (Å²) < 4.78 is 5.99. The molecule has 1 saturated heterocycles. The molecule has 4 rings (SSSR count). The molecule has 1 aromatic heterocycles. The Kier molecular flexibility index (Phi) is 5.89. The quantitative estimate of drug-likeness (QED) is 0.658. The van der Waals surface area contributed by atoms with Gasteiger partial charge in [-0.2, -0.15) is 0 Å². The van der Waals surface area contributed by atoms with Crippen LogP contribution in [0.25, 0.3) is 0 Å². The second kappa shape index (κ2) is 8.90. The molecule has 2 heterocycles. The van der Waals surface area contributed by atoms with E-state index < -0.39 is 6.04 Å². The standard InChI is InChI=1S/C23H26N4O2/c1-2-19(17-11-5-3-6-12-17)21(28)24-20(18-13-7-4-8-14-18)22-25-26-23(29-22)27-15-9-10-16-27/h3-8,11-14,19-20H,2,9-10,15-16H2,1H3,(H,24,28)/t19-,20-/m0/s1. The van der Waals surface area contributed by atoms with E-state index in [0.29, 0.717) is 18.3 Å². The molecule has 2 atom stereocenters. The van der Waals surface area contributed by atoms with E-state index in [-0.39, 0.29) is 11.8 Å². The normalized spacial score (nSPS) is 15.8. The second-order valence-corrected chi connectivity index (χ2v) is 7.34. The minimum absolute atomic E-state index is 0.0477. The summed E-state index contributed by atoms with van der Waals surface area (Å²) in [5.41, 5.74) is 1.92. The zero-order chi connectivity index (χ0) is 20.1. The number of hydrogen-bond acceptors (Lipinski definition) is 5. The first-order valence-electron chi connectivity index (χ1n) is 10.2. The SMILES string of the molecule is CC[C@H](C(=O)N[C@@H](c1ccccc1)c1nnc(N2CCCC2)o1)c1ccccc1. The van der Waals surface area contributed by atoms with Crippen LogP contribution in [-0.2, 0) is 4.79 Å². The van der Waals surface area contributed by atoms with Crippen molar-refractivity contribution in [3.63, 3.8) is 0 Å². The highest BCUT2D eigenvalue weighted by molar-refractivity contribution is 5.84. The summed E-state index contributed by atoms with van der Waals surface area (Å²) >= 11 is 0. The van der Waals surface area contributed by atoms with Crippen molar-refractivity contribution in [1.29, 1.82) is 0 Å². The van der Waals surface area contributed by atoms with Crippen molar-refractivity contribution < 1.29 is 9.21 Å². The predicted octanol–water partition coefficient (Wildman–Crippen LogP) is 4.07. The molecular formula is C23H26N4O2. The van der Waals surface area contributed by atoms with Gasteiger partial charge in [-0.05, 0) is 30.4 Å². The first kappa shape index (κ1) is 19.2. The maximum atomic E-state index is 13.2. The summed E-state index contributed by atoms with van der Waals surface area (Å²) in [7, 11) is 0. The second-order valence-electron chi connectivity index (χ2n) is 7.34. The highest BCUT2D eigenvalue weighted by atomic mass is 16.4. The van der Waals surface area contributed by atoms with Crippen LogP contribution in [-0.4, -0.2) is 29.2 Å². The Balaban J connectivity index is 1.60. The van der Waals surface area contributed by atoms with Crippen LogP contribution >= 0.6 is 0 Å². The van der Waals surface area contributed by atoms with Gasteiger partial charge in [0.25, 0.3) is 0 Å². The summed E-state index contributed by atoms with van der Waals surface area (Å²) in [6.45, 7) is 3.87. The van der Waals surface area contributed by atoms with Gasteiger partial charge in [0.1, 0.15) is 6.04 Å². The summed E-state index contributed by atoms with van der Waals surface area (Å²) in [5.74, 6) is 0.131. The Morgan fingerprint density at radius 2 is 1.62 bits per heavy atom. The van der Waals surface area contributed by atoms with Gasteiger partial charge in [-0.3, -0.25) is 4.79 Å². The van der Waals surface area contributed by atoms with Crippen LogP contribution in [0.15, 0.2) is 65.1 Å². The molecule has 2 aromatic carbocycles. The molecule has 0 aliphatic carbocycles. The van der Waals surface area contributed by atoms with Gasteiger partial charge in [0.05, 0.1) is 5.92 Å². The van der Waals surface area contributed by atoms with Crippen LogP contribution in [0.5, 0.6) is 0 Å². The number of carbonyl (C=O) groups is 1. The monoisotopic (exact) mass is 390 g/mol. The average molecular weight is 390 g/mol. The molecule has 0 saturated carbocycles. The molecule has 1 N–H and O–H groups in total. The zero-order valence-electron chi connectivity index (χ0n) is 16.6. The third kappa shape index (κ3) is 4.31. The lowest BCUT2D eigenvalue weighted by Gasteiger charge is -2.21. The van der Waals surface area contributed by atoms with E-state index in [9.17, 15) is 4.79 Å². The van der Waals surface area contributed by atoms with E-state index >= 15 is 0 Å². The largest absolute Gasteiger partial charge is 0.405 e. The van der Waals surface area contributed by atoms with E-state index in [1.54, 1.807) is 0 Å². The van der Waals surface area contributed by atoms with E-state index in [1.165, 1.54) is 0 Å². The maximum absolute atomic E-state index is 13.2. The van der Waals surface area contributed by atoms with Crippen LogP contribution in [0.2, 0.25) is 0 Å². The number of amides is 1. The van der Waals surface area contributed by atoms with Gasteiger partial charge in [-0.1, -0.05) is 72.7 Å². The molecule has 0 radical (unpaired) electrons. The topological polar surface area (TPSA) is 71.3 Å². The Labute approximate surface area is 170 Å². The van der Waals surface area contributed by atoms with Crippen LogP contribution in [0, 0.1) is 0 Å². The summed E-state index contributed by atoms with van der Waals surface area (Å²) in [5, 5.41) is 11.7. The van der Waals surface area contributed by atoms with Crippen molar-refractivity contribution in [3.8, 4) is 0 Å². The maximum Gasteiger partial charge on any atom is 0.318 e.